The molecule has 0 atom stereocenters. The number of hydrogen-bond acceptors (Lipinski definition) is 3. The molecule has 3 rings (SSSR count). The molecule has 0 aliphatic carbocycles. The van der Waals surface area contributed by atoms with Gasteiger partial charge in [-0.15, -0.1) is 0 Å². The van der Waals surface area contributed by atoms with E-state index < -0.39 is 0 Å². The van der Waals surface area contributed by atoms with Crippen molar-refractivity contribution in [1.29, 1.82) is 0 Å². The van der Waals surface area contributed by atoms with Crippen LogP contribution in [0, 0.1) is 0 Å². The number of carbonyl (C=O) groups excluding carboxylic acids is 2. The van der Waals surface area contributed by atoms with Crippen molar-refractivity contribution >= 4 is 45.2 Å². The van der Waals surface area contributed by atoms with Gasteiger partial charge >= 0.3 is 6.03 Å². The second-order valence-electron chi connectivity index (χ2n) is 5.67. The molecule has 0 saturated carbocycles. The number of carbonyl (C=O) groups is 2. The molecule has 0 radical (unpaired) electrons. The minimum absolute atomic E-state index is 0.161. The second-order valence-corrected chi connectivity index (χ2v) is 6.89. The number of nitrogens with one attached hydrogen (secondary N) is 1. The van der Waals surface area contributed by atoms with Crippen LogP contribution in [0.15, 0.2) is 45.5 Å². The smallest absolute Gasteiger partial charge is 0.321 e. The lowest BCUT2D eigenvalue weighted by Gasteiger charge is -2.22. The molecule has 1 aromatic carbocycles. The summed E-state index contributed by atoms with van der Waals surface area (Å²) in [5, 5.41) is 3.46. The molecule has 2 aromatic rings. The summed E-state index contributed by atoms with van der Waals surface area (Å²) in [7, 11) is 0. The molecule has 1 aliphatic rings. The lowest BCUT2D eigenvalue weighted by Crippen LogP contribution is -2.39. The molecule has 1 aliphatic heterocycles. The summed E-state index contributed by atoms with van der Waals surface area (Å²) in [5.74, 6) is 0.136. The van der Waals surface area contributed by atoms with E-state index in [0.717, 1.165) is 0 Å². The summed E-state index contributed by atoms with van der Waals surface area (Å²) in [6.07, 6.45) is 0.710. The van der Waals surface area contributed by atoms with Crippen molar-refractivity contribution in [3.8, 4) is 0 Å². The Balaban J connectivity index is 1.58. The quantitative estimate of drug-likeness (QED) is 0.787. The SMILES string of the molecule is O=C(Nc1ccc(Cl)cc1)N1CCCN(C(=O)c2ccc(Br)o2)CC1. The van der Waals surface area contributed by atoms with Gasteiger partial charge in [-0.25, -0.2) is 4.79 Å². The Morgan fingerprint density at radius 1 is 1.00 bits per heavy atom. The zero-order valence-corrected chi connectivity index (χ0v) is 15.7. The molecule has 1 fully saturated rings. The van der Waals surface area contributed by atoms with E-state index in [-0.39, 0.29) is 11.9 Å². The molecule has 8 heteroatoms. The average molecular weight is 427 g/mol. The van der Waals surface area contributed by atoms with Gasteiger partial charge in [0, 0.05) is 36.9 Å². The highest BCUT2D eigenvalue weighted by molar-refractivity contribution is 9.10. The van der Waals surface area contributed by atoms with Crippen LogP contribution in [0.1, 0.15) is 17.0 Å². The predicted octanol–water partition coefficient (Wildman–Crippen LogP) is 4.08. The van der Waals surface area contributed by atoms with Gasteiger partial charge in [-0.05, 0) is 58.7 Å². The highest BCUT2D eigenvalue weighted by Gasteiger charge is 2.24. The third-order valence-electron chi connectivity index (χ3n) is 3.95. The first kappa shape index (κ1) is 17.8. The van der Waals surface area contributed by atoms with Crippen molar-refractivity contribution < 1.29 is 14.0 Å². The topological polar surface area (TPSA) is 65.8 Å². The van der Waals surface area contributed by atoms with Crippen molar-refractivity contribution in [1.82, 2.24) is 9.80 Å². The largest absolute Gasteiger partial charge is 0.444 e. The number of furan rings is 1. The molecule has 132 valence electrons. The Labute approximate surface area is 158 Å². The monoisotopic (exact) mass is 425 g/mol. The maximum atomic E-state index is 12.4. The van der Waals surface area contributed by atoms with Crippen LogP contribution in [0.2, 0.25) is 5.02 Å². The standard InChI is InChI=1S/C17H17BrClN3O3/c18-15-7-6-14(25-15)16(23)21-8-1-9-22(11-10-21)17(24)20-13-4-2-12(19)3-5-13/h2-7H,1,8-11H2,(H,20,24). The Bertz CT molecular complexity index is 763. The molecule has 0 spiro atoms. The fourth-order valence-electron chi connectivity index (χ4n) is 2.64. The number of benzene rings is 1. The third-order valence-corrected chi connectivity index (χ3v) is 4.63. The number of hydrogen-bond donors (Lipinski definition) is 1. The predicted molar refractivity (Wildman–Crippen MR) is 99.0 cm³/mol. The van der Waals surface area contributed by atoms with Crippen LogP contribution < -0.4 is 5.32 Å². The second kappa shape index (κ2) is 7.93. The molecule has 1 N–H and O–H groups in total. The fourth-order valence-corrected chi connectivity index (χ4v) is 3.08. The molecule has 6 nitrogen and oxygen atoms in total. The van der Waals surface area contributed by atoms with E-state index in [0.29, 0.717) is 53.7 Å². The van der Waals surface area contributed by atoms with Crippen molar-refractivity contribution in [2.75, 3.05) is 31.5 Å². The maximum absolute atomic E-state index is 12.4. The normalized spacial score (nSPS) is 15.0. The highest BCUT2D eigenvalue weighted by atomic mass is 79.9. The van der Waals surface area contributed by atoms with E-state index in [4.69, 9.17) is 16.0 Å². The van der Waals surface area contributed by atoms with E-state index in [1.807, 2.05) is 0 Å². The highest BCUT2D eigenvalue weighted by Crippen LogP contribution is 2.18. The van der Waals surface area contributed by atoms with Crippen LogP contribution in [0.3, 0.4) is 0 Å². The minimum atomic E-state index is -0.183. The Morgan fingerprint density at radius 2 is 1.68 bits per heavy atom. The number of anilines is 1. The maximum Gasteiger partial charge on any atom is 0.321 e. The lowest BCUT2D eigenvalue weighted by molar-refractivity contribution is 0.0729. The van der Waals surface area contributed by atoms with Gasteiger partial charge in [0.05, 0.1) is 0 Å². The van der Waals surface area contributed by atoms with Gasteiger partial charge in [-0.3, -0.25) is 4.79 Å². The zero-order valence-electron chi connectivity index (χ0n) is 13.4. The number of urea groups is 1. The first-order valence-corrected chi connectivity index (χ1v) is 9.06. The summed E-state index contributed by atoms with van der Waals surface area (Å²) < 4.78 is 5.85. The molecule has 1 saturated heterocycles. The van der Waals surface area contributed by atoms with Crippen molar-refractivity contribution in [2.24, 2.45) is 0 Å². The van der Waals surface area contributed by atoms with Crippen LogP contribution in [0.25, 0.3) is 0 Å². The van der Waals surface area contributed by atoms with Gasteiger partial charge in [0.2, 0.25) is 0 Å². The van der Waals surface area contributed by atoms with E-state index in [1.165, 1.54) is 0 Å². The van der Waals surface area contributed by atoms with Crippen LogP contribution in [-0.4, -0.2) is 47.9 Å². The zero-order chi connectivity index (χ0) is 17.8. The van der Waals surface area contributed by atoms with Crippen molar-refractivity contribution in [3.63, 3.8) is 0 Å². The van der Waals surface area contributed by atoms with Crippen LogP contribution in [0.5, 0.6) is 0 Å². The number of amides is 3. The molecule has 25 heavy (non-hydrogen) atoms. The number of nitrogens with zero attached hydrogens (tertiary/aromatic N) is 2. The van der Waals surface area contributed by atoms with Gasteiger partial charge in [0.15, 0.2) is 10.4 Å². The summed E-state index contributed by atoms with van der Waals surface area (Å²) in [5.41, 5.74) is 0.687. The molecule has 1 aromatic heterocycles. The molecular weight excluding hydrogens is 410 g/mol. The Kier molecular flexibility index (Phi) is 5.65. The lowest BCUT2D eigenvalue weighted by atomic mass is 10.3. The van der Waals surface area contributed by atoms with E-state index in [9.17, 15) is 9.59 Å². The first-order chi connectivity index (χ1) is 12.0. The Morgan fingerprint density at radius 3 is 2.36 bits per heavy atom. The fraction of sp³-hybridized carbons (Fsp3) is 0.294. The van der Waals surface area contributed by atoms with Crippen molar-refractivity contribution in [2.45, 2.75) is 6.42 Å². The molecule has 3 amide bonds. The van der Waals surface area contributed by atoms with E-state index in [1.54, 1.807) is 46.2 Å². The van der Waals surface area contributed by atoms with E-state index in [2.05, 4.69) is 21.2 Å². The summed E-state index contributed by atoms with van der Waals surface area (Å²) >= 11 is 9.04. The molecule has 2 heterocycles. The van der Waals surface area contributed by atoms with Gasteiger partial charge in [0.25, 0.3) is 5.91 Å². The number of rotatable bonds is 2. The van der Waals surface area contributed by atoms with Gasteiger partial charge in [-0.2, -0.15) is 0 Å². The first-order valence-electron chi connectivity index (χ1n) is 7.89. The Hall–Kier alpha value is -1.99. The van der Waals surface area contributed by atoms with Gasteiger partial charge < -0.3 is 19.5 Å². The van der Waals surface area contributed by atoms with Crippen LogP contribution in [-0.2, 0) is 0 Å². The van der Waals surface area contributed by atoms with Crippen LogP contribution in [0.4, 0.5) is 10.5 Å². The third kappa shape index (κ3) is 4.55. The summed E-state index contributed by atoms with van der Waals surface area (Å²) in [6, 6.07) is 10.1. The summed E-state index contributed by atoms with van der Waals surface area (Å²) in [4.78, 5) is 28.3. The number of halogens is 2. The average Bonchev–Trinajstić information content (AvgIpc) is 2.89. The van der Waals surface area contributed by atoms with Crippen LogP contribution >= 0.6 is 27.5 Å². The summed E-state index contributed by atoms with van der Waals surface area (Å²) in [6.45, 7) is 2.10. The molecular formula is C17H17BrClN3O3. The van der Waals surface area contributed by atoms with Crippen molar-refractivity contribution in [3.05, 3.63) is 51.9 Å². The van der Waals surface area contributed by atoms with Gasteiger partial charge in [-0.1, -0.05) is 11.6 Å². The van der Waals surface area contributed by atoms with E-state index >= 15 is 0 Å². The molecule has 0 unspecified atom stereocenters. The minimum Gasteiger partial charge on any atom is -0.444 e. The molecule has 0 bridgehead atoms. The van der Waals surface area contributed by atoms with Gasteiger partial charge in [0.1, 0.15) is 0 Å².